The lowest BCUT2D eigenvalue weighted by Crippen LogP contribution is -2.42. The summed E-state index contributed by atoms with van der Waals surface area (Å²) in [4.78, 5) is 1.14. The van der Waals surface area contributed by atoms with Crippen LogP contribution in [0.1, 0.15) is 20.8 Å². The van der Waals surface area contributed by atoms with Gasteiger partial charge in [0.25, 0.3) is 10.1 Å². The molecule has 1 rings (SSSR count). The number of benzene rings is 1. The maximum Gasteiger partial charge on any atom is 0.264 e. The molecule has 1 atom stereocenters. The lowest BCUT2D eigenvalue weighted by atomic mass is 10.0. The van der Waals surface area contributed by atoms with Crippen molar-refractivity contribution in [3.05, 3.63) is 24.3 Å². The SMILES string of the molecule is CSc1ccc(OC(C)(C)C(C)OS(C)(=O)=O)cc1. The molecule has 0 radical (unpaired) electrons. The quantitative estimate of drug-likeness (QED) is 0.597. The van der Waals surface area contributed by atoms with Gasteiger partial charge in [-0.15, -0.1) is 11.8 Å². The van der Waals surface area contributed by atoms with Gasteiger partial charge < -0.3 is 4.74 Å². The van der Waals surface area contributed by atoms with Crippen LogP contribution in [0, 0.1) is 0 Å². The van der Waals surface area contributed by atoms with Crippen LogP contribution >= 0.6 is 11.8 Å². The van der Waals surface area contributed by atoms with Crippen LogP contribution in [0.2, 0.25) is 0 Å². The predicted molar refractivity (Wildman–Crippen MR) is 78.3 cm³/mol. The van der Waals surface area contributed by atoms with Crippen LogP contribution in [-0.4, -0.2) is 32.6 Å². The molecule has 19 heavy (non-hydrogen) atoms. The van der Waals surface area contributed by atoms with E-state index in [1.165, 1.54) is 0 Å². The Labute approximate surface area is 119 Å². The van der Waals surface area contributed by atoms with Gasteiger partial charge >= 0.3 is 0 Å². The zero-order chi connectivity index (χ0) is 14.7. The fourth-order valence-electron chi connectivity index (χ4n) is 1.41. The van der Waals surface area contributed by atoms with E-state index in [0.717, 1.165) is 11.2 Å². The average Bonchev–Trinajstić information content (AvgIpc) is 2.27. The highest BCUT2D eigenvalue weighted by atomic mass is 32.2. The maximum atomic E-state index is 11.1. The Morgan fingerprint density at radius 3 is 2.16 bits per heavy atom. The summed E-state index contributed by atoms with van der Waals surface area (Å²) in [6.07, 6.45) is 2.46. The number of thioether (sulfide) groups is 1. The third-order valence-corrected chi connectivity index (χ3v) is 4.12. The highest BCUT2D eigenvalue weighted by Crippen LogP contribution is 2.25. The van der Waals surface area contributed by atoms with Crippen LogP contribution in [0.4, 0.5) is 0 Å². The summed E-state index contributed by atoms with van der Waals surface area (Å²) in [5, 5.41) is 0. The Morgan fingerprint density at radius 2 is 1.74 bits per heavy atom. The van der Waals surface area contributed by atoms with Crippen LogP contribution in [-0.2, 0) is 14.3 Å². The number of hydrogen-bond acceptors (Lipinski definition) is 5. The molecule has 108 valence electrons. The van der Waals surface area contributed by atoms with Gasteiger partial charge in [0.2, 0.25) is 0 Å². The molecule has 0 saturated heterocycles. The molecule has 0 fully saturated rings. The third-order valence-electron chi connectivity index (χ3n) is 2.74. The molecule has 0 saturated carbocycles. The lowest BCUT2D eigenvalue weighted by molar-refractivity contribution is 0.000340. The Bertz CT molecular complexity index is 506. The summed E-state index contributed by atoms with van der Waals surface area (Å²) in [6.45, 7) is 5.27. The zero-order valence-corrected chi connectivity index (χ0v) is 13.5. The molecule has 1 aromatic rings. The van der Waals surface area contributed by atoms with Gasteiger partial charge in [0.1, 0.15) is 17.5 Å². The normalized spacial score (nSPS) is 14.2. The van der Waals surface area contributed by atoms with Crippen LogP contribution in [0.3, 0.4) is 0 Å². The standard InChI is InChI=1S/C13H20O4S2/c1-10(17-19(5,14)15)13(2,3)16-11-6-8-12(18-4)9-7-11/h6-10H,1-5H3. The van der Waals surface area contributed by atoms with E-state index in [1.807, 2.05) is 30.5 Å². The molecule has 0 bridgehead atoms. The summed E-state index contributed by atoms with van der Waals surface area (Å²) in [5.74, 6) is 0.687. The molecular formula is C13H20O4S2. The summed E-state index contributed by atoms with van der Waals surface area (Å²) in [6, 6.07) is 7.64. The lowest BCUT2D eigenvalue weighted by Gasteiger charge is -2.31. The maximum absolute atomic E-state index is 11.1. The first-order valence-corrected chi connectivity index (χ1v) is 8.89. The van der Waals surface area contributed by atoms with Gasteiger partial charge in [-0.2, -0.15) is 8.42 Å². The number of hydrogen-bond donors (Lipinski definition) is 0. The third kappa shape index (κ3) is 5.42. The van der Waals surface area contributed by atoms with Gasteiger partial charge in [0, 0.05) is 4.90 Å². The first-order valence-electron chi connectivity index (χ1n) is 5.85. The van der Waals surface area contributed by atoms with E-state index >= 15 is 0 Å². The predicted octanol–water partition coefficient (Wildman–Crippen LogP) is 2.93. The largest absolute Gasteiger partial charge is 0.485 e. The van der Waals surface area contributed by atoms with Crippen molar-refractivity contribution in [1.29, 1.82) is 0 Å². The van der Waals surface area contributed by atoms with Crippen molar-refractivity contribution in [2.24, 2.45) is 0 Å². The van der Waals surface area contributed by atoms with Crippen molar-refractivity contribution in [3.63, 3.8) is 0 Å². The minimum absolute atomic E-state index is 0.581. The molecule has 0 N–H and O–H groups in total. The summed E-state index contributed by atoms with van der Waals surface area (Å²) in [5.41, 5.74) is -0.746. The van der Waals surface area contributed by atoms with Crippen molar-refractivity contribution in [2.75, 3.05) is 12.5 Å². The summed E-state index contributed by atoms with van der Waals surface area (Å²) < 4.78 is 33.1. The molecule has 0 amide bonds. The van der Waals surface area contributed by atoms with Crippen LogP contribution in [0.15, 0.2) is 29.2 Å². The second-order valence-corrected chi connectivity index (χ2v) is 7.30. The fourth-order valence-corrected chi connectivity index (χ4v) is 2.57. The highest BCUT2D eigenvalue weighted by Gasteiger charge is 2.31. The van der Waals surface area contributed by atoms with Gasteiger partial charge in [-0.1, -0.05) is 0 Å². The highest BCUT2D eigenvalue weighted by molar-refractivity contribution is 7.98. The Hall–Kier alpha value is -0.720. The van der Waals surface area contributed by atoms with Crippen molar-refractivity contribution in [1.82, 2.24) is 0 Å². The first-order chi connectivity index (χ1) is 8.64. The molecule has 6 heteroatoms. The minimum Gasteiger partial charge on any atom is -0.485 e. The van der Waals surface area contributed by atoms with E-state index in [-0.39, 0.29) is 0 Å². The molecule has 0 aliphatic rings. The van der Waals surface area contributed by atoms with Crippen LogP contribution in [0.25, 0.3) is 0 Å². The Balaban J connectivity index is 2.77. The van der Waals surface area contributed by atoms with Gasteiger partial charge in [-0.25, -0.2) is 0 Å². The van der Waals surface area contributed by atoms with E-state index in [2.05, 4.69) is 0 Å². The van der Waals surface area contributed by atoms with Gasteiger partial charge in [0.15, 0.2) is 0 Å². The number of rotatable bonds is 6. The van der Waals surface area contributed by atoms with Gasteiger partial charge in [0.05, 0.1) is 6.26 Å². The summed E-state index contributed by atoms with van der Waals surface area (Å²) in [7, 11) is -3.49. The topological polar surface area (TPSA) is 52.6 Å². The second-order valence-electron chi connectivity index (χ2n) is 4.82. The van der Waals surface area contributed by atoms with Crippen molar-refractivity contribution in [3.8, 4) is 5.75 Å². The second kappa shape index (κ2) is 6.15. The molecule has 0 aliphatic carbocycles. The fraction of sp³-hybridized carbons (Fsp3) is 0.538. The van der Waals surface area contributed by atoms with Gasteiger partial charge in [-0.05, 0) is 51.3 Å². The molecule has 1 aromatic carbocycles. The van der Waals surface area contributed by atoms with Crippen molar-refractivity contribution in [2.45, 2.75) is 37.4 Å². The van der Waals surface area contributed by atoms with E-state index in [0.29, 0.717) is 5.75 Å². The smallest absolute Gasteiger partial charge is 0.264 e. The Morgan fingerprint density at radius 1 is 1.21 bits per heavy atom. The van der Waals surface area contributed by atoms with Crippen molar-refractivity contribution >= 4 is 21.9 Å². The van der Waals surface area contributed by atoms with E-state index in [9.17, 15) is 8.42 Å². The molecular weight excluding hydrogens is 284 g/mol. The summed E-state index contributed by atoms with van der Waals surface area (Å²) >= 11 is 1.65. The molecule has 0 aliphatic heterocycles. The van der Waals surface area contributed by atoms with Crippen LogP contribution in [0.5, 0.6) is 5.75 Å². The number of ether oxygens (including phenoxy) is 1. The van der Waals surface area contributed by atoms with E-state index < -0.39 is 21.8 Å². The van der Waals surface area contributed by atoms with E-state index in [4.69, 9.17) is 8.92 Å². The molecule has 4 nitrogen and oxygen atoms in total. The molecule has 0 heterocycles. The van der Waals surface area contributed by atoms with E-state index in [1.54, 1.807) is 32.5 Å². The first kappa shape index (κ1) is 16.3. The van der Waals surface area contributed by atoms with Crippen molar-refractivity contribution < 1.29 is 17.3 Å². The van der Waals surface area contributed by atoms with Crippen LogP contribution < -0.4 is 4.74 Å². The minimum atomic E-state index is -3.49. The molecule has 1 unspecified atom stereocenters. The average molecular weight is 304 g/mol. The zero-order valence-electron chi connectivity index (χ0n) is 11.8. The Kier molecular flexibility index (Phi) is 5.29. The molecule has 0 spiro atoms. The van der Waals surface area contributed by atoms with Gasteiger partial charge in [-0.3, -0.25) is 4.18 Å². The molecule has 0 aromatic heterocycles. The monoisotopic (exact) mass is 304 g/mol.